The first-order valence-electron chi connectivity index (χ1n) is 10.0. The van der Waals surface area contributed by atoms with Gasteiger partial charge in [0.05, 0.1) is 23.0 Å². The van der Waals surface area contributed by atoms with E-state index < -0.39 is 16.1 Å². The molecule has 1 heterocycles. The van der Waals surface area contributed by atoms with Crippen molar-refractivity contribution in [3.63, 3.8) is 0 Å². The summed E-state index contributed by atoms with van der Waals surface area (Å²) in [5.74, 6) is 0. The first-order valence-corrected chi connectivity index (χ1v) is 11.9. The van der Waals surface area contributed by atoms with Crippen molar-refractivity contribution in [3.8, 4) is 0 Å². The van der Waals surface area contributed by atoms with Crippen molar-refractivity contribution in [2.45, 2.75) is 42.9 Å². The van der Waals surface area contributed by atoms with Gasteiger partial charge in [-0.3, -0.25) is 4.90 Å². The van der Waals surface area contributed by atoms with Crippen LogP contribution in [0.3, 0.4) is 0 Å². The van der Waals surface area contributed by atoms with E-state index in [9.17, 15) is 8.42 Å². The zero-order valence-electron chi connectivity index (χ0n) is 16.9. The van der Waals surface area contributed by atoms with E-state index in [-0.39, 0.29) is 23.0 Å². The van der Waals surface area contributed by atoms with Crippen LogP contribution < -0.4 is 4.72 Å². The molecule has 0 amide bonds. The van der Waals surface area contributed by atoms with E-state index in [2.05, 4.69) is 35.6 Å². The summed E-state index contributed by atoms with van der Waals surface area (Å²) in [4.78, 5) is 2.61. The maximum atomic E-state index is 13.2. The molecule has 1 saturated heterocycles. The molecule has 2 unspecified atom stereocenters. The molecule has 0 bridgehead atoms. The third-order valence-electron chi connectivity index (χ3n) is 5.54. The number of hydrogen-bond donors (Lipinski definition) is 1. The van der Waals surface area contributed by atoms with Crippen molar-refractivity contribution in [3.05, 3.63) is 101 Å². The quantitative estimate of drug-likeness (QED) is 0.514. The summed E-state index contributed by atoms with van der Waals surface area (Å²) >= 11 is 6.10. The summed E-state index contributed by atoms with van der Waals surface area (Å²) < 4.78 is 29.3. The highest BCUT2D eigenvalue weighted by atomic mass is 35.5. The van der Waals surface area contributed by atoms with Gasteiger partial charge in [0.1, 0.15) is 0 Å². The van der Waals surface area contributed by atoms with E-state index in [1.54, 1.807) is 36.4 Å². The number of hydrogen-bond acceptors (Lipinski definition) is 3. The summed E-state index contributed by atoms with van der Waals surface area (Å²) in [6, 6.07) is 26.2. The highest BCUT2D eigenvalue weighted by Gasteiger charge is 2.54. The standard InChI is InChI=1S/C24H25ClN2O2S/c1-17(2)27-23(19-9-5-3-6-10-19)24(27)22(18-13-15-20(25)16-14-18)26-30(28,29)21-11-7-4-8-12-21/h3-17,22-24,26H,1-2H3/t22?,23-,24+,27?/m1/s1. The van der Waals surface area contributed by atoms with Gasteiger partial charge in [-0.25, -0.2) is 13.1 Å². The summed E-state index contributed by atoms with van der Waals surface area (Å²) in [5.41, 5.74) is 2.09. The molecule has 4 nitrogen and oxygen atoms in total. The molecule has 4 rings (SSSR count). The molecule has 3 aromatic rings. The highest BCUT2D eigenvalue weighted by Crippen LogP contribution is 2.51. The maximum absolute atomic E-state index is 13.2. The summed E-state index contributed by atoms with van der Waals surface area (Å²) in [6.07, 6.45) is 0. The van der Waals surface area contributed by atoms with Crippen LogP contribution in [0.4, 0.5) is 0 Å². The van der Waals surface area contributed by atoms with Crippen molar-refractivity contribution in [2.75, 3.05) is 0 Å². The lowest BCUT2D eigenvalue weighted by Gasteiger charge is -2.21. The van der Waals surface area contributed by atoms with Crippen molar-refractivity contribution in [1.82, 2.24) is 9.62 Å². The van der Waals surface area contributed by atoms with Gasteiger partial charge in [0.2, 0.25) is 10.0 Å². The van der Waals surface area contributed by atoms with Crippen molar-refractivity contribution >= 4 is 21.6 Å². The summed E-state index contributed by atoms with van der Waals surface area (Å²) in [6.45, 7) is 4.28. The van der Waals surface area contributed by atoms with Crippen LogP contribution in [-0.4, -0.2) is 25.4 Å². The predicted octanol–water partition coefficient (Wildman–Crippen LogP) is 5.19. The average Bonchev–Trinajstić information content (AvgIpc) is 3.50. The molecule has 1 fully saturated rings. The number of sulfonamides is 1. The number of benzene rings is 3. The van der Waals surface area contributed by atoms with Gasteiger partial charge < -0.3 is 0 Å². The molecule has 0 spiro atoms. The van der Waals surface area contributed by atoms with Gasteiger partial charge in [0.15, 0.2) is 0 Å². The van der Waals surface area contributed by atoms with Crippen LogP contribution in [-0.2, 0) is 10.0 Å². The molecule has 1 aliphatic rings. The van der Waals surface area contributed by atoms with E-state index in [4.69, 9.17) is 11.6 Å². The molecule has 1 N–H and O–H groups in total. The van der Waals surface area contributed by atoms with Crippen LogP contribution in [0.25, 0.3) is 0 Å². The Labute approximate surface area is 183 Å². The number of nitrogens with zero attached hydrogens (tertiary/aromatic N) is 1. The Bertz CT molecular complexity index is 1090. The first kappa shape index (κ1) is 21.1. The van der Waals surface area contributed by atoms with Gasteiger partial charge in [0.25, 0.3) is 0 Å². The molecule has 156 valence electrons. The Kier molecular flexibility index (Phi) is 5.98. The lowest BCUT2D eigenvalue weighted by molar-refractivity contribution is 0.375. The number of rotatable bonds is 7. The van der Waals surface area contributed by atoms with Crippen molar-refractivity contribution < 1.29 is 8.42 Å². The fourth-order valence-corrected chi connectivity index (χ4v) is 5.53. The molecule has 3 aromatic carbocycles. The molecule has 0 aromatic heterocycles. The Morgan fingerprint density at radius 3 is 2.00 bits per heavy atom. The molecule has 0 aliphatic carbocycles. The van der Waals surface area contributed by atoms with Crippen LogP contribution in [0.1, 0.15) is 37.1 Å². The number of halogens is 1. The van der Waals surface area contributed by atoms with Gasteiger partial charge in [-0.1, -0.05) is 72.3 Å². The van der Waals surface area contributed by atoms with E-state index in [1.165, 1.54) is 5.56 Å². The molecule has 6 heteroatoms. The van der Waals surface area contributed by atoms with E-state index in [0.29, 0.717) is 5.02 Å². The van der Waals surface area contributed by atoms with Gasteiger partial charge in [-0.2, -0.15) is 0 Å². The zero-order chi connectivity index (χ0) is 21.3. The molecule has 0 saturated carbocycles. The van der Waals surface area contributed by atoms with Crippen LogP contribution in [0.15, 0.2) is 89.8 Å². The Hall–Kier alpha value is -2.18. The van der Waals surface area contributed by atoms with Gasteiger partial charge in [-0.05, 0) is 49.2 Å². The minimum atomic E-state index is -3.69. The Morgan fingerprint density at radius 2 is 1.43 bits per heavy atom. The molecular weight excluding hydrogens is 416 g/mol. The van der Waals surface area contributed by atoms with Gasteiger partial charge in [-0.15, -0.1) is 0 Å². The fourth-order valence-electron chi connectivity index (χ4n) is 4.15. The monoisotopic (exact) mass is 440 g/mol. The predicted molar refractivity (Wildman–Crippen MR) is 121 cm³/mol. The highest BCUT2D eigenvalue weighted by molar-refractivity contribution is 7.89. The smallest absolute Gasteiger partial charge is 0.241 e. The molecule has 0 radical (unpaired) electrons. The lowest BCUT2D eigenvalue weighted by Crippen LogP contribution is -2.34. The van der Waals surface area contributed by atoms with Gasteiger partial charge >= 0.3 is 0 Å². The minimum Gasteiger partial charge on any atom is -0.285 e. The second kappa shape index (κ2) is 8.52. The maximum Gasteiger partial charge on any atom is 0.241 e. The minimum absolute atomic E-state index is 0.00654. The van der Waals surface area contributed by atoms with Crippen LogP contribution in [0, 0.1) is 0 Å². The van der Waals surface area contributed by atoms with Crippen LogP contribution >= 0.6 is 11.6 Å². The lowest BCUT2D eigenvalue weighted by atomic mass is 10.00. The van der Waals surface area contributed by atoms with E-state index in [0.717, 1.165) is 5.56 Å². The van der Waals surface area contributed by atoms with Gasteiger partial charge in [0, 0.05) is 11.1 Å². The Morgan fingerprint density at radius 1 is 0.867 bits per heavy atom. The van der Waals surface area contributed by atoms with Crippen LogP contribution in [0.2, 0.25) is 5.02 Å². The zero-order valence-corrected chi connectivity index (χ0v) is 18.5. The fraction of sp³-hybridized carbons (Fsp3) is 0.250. The third-order valence-corrected chi connectivity index (χ3v) is 7.25. The van der Waals surface area contributed by atoms with Crippen molar-refractivity contribution in [2.24, 2.45) is 0 Å². The average molecular weight is 441 g/mol. The topological polar surface area (TPSA) is 49.2 Å². The summed E-state index contributed by atoms with van der Waals surface area (Å²) in [5, 5.41) is 0.625. The third kappa shape index (κ3) is 4.30. The largest absolute Gasteiger partial charge is 0.285 e. The Balaban J connectivity index is 1.73. The molecule has 30 heavy (non-hydrogen) atoms. The molecular formula is C24H25ClN2O2S. The van der Waals surface area contributed by atoms with Crippen LogP contribution in [0.5, 0.6) is 0 Å². The van der Waals surface area contributed by atoms with Crippen molar-refractivity contribution in [1.29, 1.82) is 0 Å². The molecule has 4 atom stereocenters. The SMILES string of the molecule is CC(C)N1[C@H](c2ccccc2)[C@@H]1C(NS(=O)(=O)c1ccccc1)c1ccc(Cl)cc1. The number of nitrogens with one attached hydrogen (secondary N) is 1. The molecule has 1 aliphatic heterocycles. The first-order chi connectivity index (χ1) is 14.4. The van der Waals surface area contributed by atoms with E-state index in [1.807, 2.05) is 36.4 Å². The second-order valence-electron chi connectivity index (χ2n) is 7.85. The normalized spacial score (nSPS) is 22.1. The second-order valence-corrected chi connectivity index (χ2v) is 10.0. The summed E-state index contributed by atoms with van der Waals surface area (Å²) in [7, 11) is -3.69. The van der Waals surface area contributed by atoms with E-state index >= 15 is 0 Å².